The van der Waals surface area contributed by atoms with Crippen LogP contribution in [0.2, 0.25) is 5.02 Å². The molecule has 0 saturated heterocycles. The molecule has 1 amide bonds. The van der Waals surface area contributed by atoms with Crippen LogP contribution in [0.25, 0.3) is 0 Å². The summed E-state index contributed by atoms with van der Waals surface area (Å²) < 4.78 is 5.54. The molecular formula is C13H19ClN2O2. The minimum absolute atomic E-state index is 0.188. The second-order valence-electron chi connectivity index (χ2n) is 3.97. The summed E-state index contributed by atoms with van der Waals surface area (Å²) in [6.07, 6.45) is 1.26. The number of carbonyl (C=O) groups is 1. The number of benzene rings is 1. The van der Waals surface area contributed by atoms with Gasteiger partial charge in [0.2, 0.25) is 5.91 Å². The van der Waals surface area contributed by atoms with Crippen LogP contribution in [0.4, 0.5) is 0 Å². The predicted octanol–water partition coefficient (Wildman–Crippen LogP) is 2.09. The maximum atomic E-state index is 10.7. The van der Waals surface area contributed by atoms with E-state index in [1.807, 2.05) is 12.1 Å². The lowest BCUT2D eigenvalue weighted by molar-refractivity contribution is -0.118. The second-order valence-corrected chi connectivity index (χ2v) is 4.38. The first-order valence-electron chi connectivity index (χ1n) is 6.04. The van der Waals surface area contributed by atoms with Crippen molar-refractivity contribution < 1.29 is 9.53 Å². The van der Waals surface area contributed by atoms with Gasteiger partial charge in [0.15, 0.2) is 0 Å². The Morgan fingerprint density at radius 3 is 2.94 bits per heavy atom. The van der Waals surface area contributed by atoms with Gasteiger partial charge in [-0.05, 0) is 19.0 Å². The van der Waals surface area contributed by atoms with Crippen molar-refractivity contribution in [3.05, 3.63) is 28.8 Å². The van der Waals surface area contributed by atoms with Crippen molar-refractivity contribution in [2.24, 2.45) is 5.73 Å². The van der Waals surface area contributed by atoms with Crippen molar-refractivity contribution in [1.29, 1.82) is 0 Å². The van der Waals surface area contributed by atoms with Gasteiger partial charge in [0.25, 0.3) is 0 Å². The number of nitrogens with two attached hydrogens (primary N) is 1. The lowest BCUT2D eigenvalue weighted by atomic mass is 10.2. The molecule has 5 heteroatoms. The van der Waals surface area contributed by atoms with Gasteiger partial charge in [-0.3, -0.25) is 4.79 Å². The van der Waals surface area contributed by atoms with Crippen molar-refractivity contribution in [1.82, 2.24) is 5.32 Å². The highest BCUT2D eigenvalue weighted by Crippen LogP contribution is 2.28. The predicted molar refractivity (Wildman–Crippen MR) is 72.8 cm³/mol. The van der Waals surface area contributed by atoms with Gasteiger partial charge in [-0.15, -0.1) is 0 Å². The van der Waals surface area contributed by atoms with Crippen LogP contribution in [0, 0.1) is 0 Å². The van der Waals surface area contributed by atoms with Gasteiger partial charge in [0, 0.05) is 12.1 Å². The molecule has 18 heavy (non-hydrogen) atoms. The maximum absolute atomic E-state index is 10.7. The molecule has 0 aliphatic heterocycles. The molecule has 0 spiro atoms. The van der Waals surface area contributed by atoms with Gasteiger partial charge in [0.05, 0.1) is 18.1 Å². The van der Waals surface area contributed by atoms with E-state index in [9.17, 15) is 4.79 Å². The zero-order chi connectivity index (χ0) is 13.4. The van der Waals surface area contributed by atoms with Crippen molar-refractivity contribution in [3.63, 3.8) is 0 Å². The molecule has 0 aliphatic carbocycles. The minimum Gasteiger partial charge on any atom is -0.491 e. The molecule has 0 atom stereocenters. The van der Waals surface area contributed by atoms with Crippen LogP contribution in [-0.4, -0.2) is 19.1 Å². The van der Waals surface area contributed by atoms with E-state index >= 15 is 0 Å². The third kappa shape index (κ3) is 4.94. The molecular weight excluding hydrogens is 252 g/mol. The molecule has 1 aromatic rings. The Bertz CT molecular complexity index is 397. The smallest absolute Gasteiger partial charge is 0.220 e. The molecule has 0 saturated carbocycles. The van der Waals surface area contributed by atoms with Gasteiger partial charge in [-0.1, -0.05) is 30.7 Å². The van der Waals surface area contributed by atoms with Crippen LogP contribution in [0.15, 0.2) is 18.2 Å². The van der Waals surface area contributed by atoms with Crippen molar-refractivity contribution >= 4 is 17.5 Å². The number of nitrogens with one attached hydrogen (secondary N) is 1. The number of ether oxygens (including phenoxy) is 1. The Morgan fingerprint density at radius 2 is 2.28 bits per heavy atom. The molecule has 4 nitrogen and oxygen atoms in total. The maximum Gasteiger partial charge on any atom is 0.220 e. The van der Waals surface area contributed by atoms with Crippen LogP contribution < -0.4 is 15.8 Å². The fraction of sp³-hybridized carbons (Fsp3) is 0.462. The number of amides is 1. The fourth-order valence-corrected chi connectivity index (χ4v) is 1.76. The standard InChI is InChI=1S/C13H19ClN2O2/c1-2-7-16-9-10-4-3-5-11(14)13(10)18-8-6-12(15)17/h3-5,16H,2,6-9H2,1H3,(H2,15,17). The number of hydrogen-bond acceptors (Lipinski definition) is 3. The monoisotopic (exact) mass is 270 g/mol. The Hall–Kier alpha value is -1.26. The second kappa shape index (κ2) is 7.95. The molecule has 0 unspecified atom stereocenters. The van der Waals surface area contributed by atoms with E-state index in [-0.39, 0.29) is 18.9 Å². The minimum atomic E-state index is -0.382. The summed E-state index contributed by atoms with van der Waals surface area (Å²) in [5.41, 5.74) is 6.05. The van der Waals surface area contributed by atoms with Crippen molar-refractivity contribution in [2.45, 2.75) is 26.3 Å². The summed E-state index contributed by atoms with van der Waals surface area (Å²) >= 11 is 6.09. The highest BCUT2D eigenvalue weighted by molar-refractivity contribution is 6.32. The Morgan fingerprint density at radius 1 is 1.50 bits per heavy atom. The normalized spacial score (nSPS) is 10.3. The molecule has 0 radical (unpaired) electrons. The SMILES string of the molecule is CCCNCc1cccc(Cl)c1OCCC(N)=O. The van der Waals surface area contributed by atoms with Crippen LogP contribution in [0.5, 0.6) is 5.75 Å². The Kier molecular flexibility index (Phi) is 6.54. The van der Waals surface area contributed by atoms with Crippen LogP contribution in [-0.2, 0) is 11.3 Å². The average Bonchev–Trinajstić information content (AvgIpc) is 2.32. The zero-order valence-corrected chi connectivity index (χ0v) is 11.3. The average molecular weight is 271 g/mol. The Balaban J connectivity index is 2.64. The molecule has 0 aliphatic rings. The summed E-state index contributed by atoms with van der Waals surface area (Å²) in [4.78, 5) is 10.7. The number of carbonyl (C=O) groups excluding carboxylic acids is 1. The van der Waals surface area contributed by atoms with Gasteiger partial charge in [0.1, 0.15) is 5.75 Å². The topological polar surface area (TPSA) is 64.3 Å². The van der Waals surface area contributed by atoms with Crippen molar-refractivity contribution in [2.75, 3.05) is 13.2 Å². The highest BCUT2D eigenvalue weighted by Gasteiger charge is 2.08. The molecule has 0 fully saturated rings. The number of para-hydroxylation sites is 1. The number of rotatable bonds is 8. The van der Waals surface area contributed by atoms with E-state index in [1.54, 1.807) is 6.07 Å². The fourth-order valence-electron chi connectivity index (χ4n) is 1.51. The largest absolute Gasteiger partial charge is 0.491 e. The third-order valence-electron chi connectivity index (χ3n) is 2.39. The van der Waals surface area contributed by atoms with Gasteiger partial charge in [-0.2, -0.15) is 0 Å². The molecule has 0 bridgehead atoms. The van der Waals surface area contributed by atoms with E-state index in [1.165, 1.54) is 0 Å². The number of hydrogen-bond donors (Lipinski definition) is 2. The van der Waals surface area contributed by atoms with Gasteiger partial charge in [-0.25, -0.2) is 0 Å². The lowest BCUT2D eigenvalue weighted by Gasteiger charge is -2.13. The van der Waals surface area contributed by atoms with Crippen LogP contribution in [0.3, 0.4) is 0 Å². The van der Waals surface area contributed by atoms with Crippen molar-refractivity contribution in [3.8, 4) is 5.75 Å². The summed E-state index contributed by atoms with van der Waals surface area (Å²) in [5, 5.41) is 3.84. The van der Waals surface area contributed by atoms with Crippen LogP contribution >= 0.6 is 11.6 Å². The molecule has 1 aromatic carbocycles. The number of primary amides is 1. The zero-order valence-electron chi connectivity index (χ0n) is 10.5. The molecule has 3 N–H and O–H groups in total. The molecule has 0 heterocycles. The summed E-state index contributed by atoms with van der Waals surface area (Å²) in [6.45, 7) is 3.99. The molecule has 1 rings (SSSR count). The first kappa shape index (κ1) is 14.8. The molecule has 0 aromatic heterocycles. The first-order chi connectivity index (χ1) is 8.65. The quantitative estimate of drug-likeness (QED) is 0.711. The van der Waals surface area contributed by atoms with Gasteiger partial charge < -0.3 is 15.8 Å². The summed E-state index contributed by atoms with van der Waals surface area (Å²) in [5.74, 6) is 0.247. The first-order valence-corrected chi connectivity index (χ1v) is 6.42. The number of halogens is 1. The van der Waals surface area contributed by atoms with E-state index in [2.05, 4.69) is 12.2 Å². The van der Waals surface area contributed by atoms with E-state index in [0.29, 0.717) is 17.3 Å². The lowest BCUT2D eigenvalue weighted by Crippen LogP contribution is -2.17. The van der Waals surface area contributed by atoms with E-state index in [4.69, 9.17) is 22.1 Å². The highest BCUT2D eigenvalue weighted by atomic mass is 35.5. The van der Waals surface area contributed by atoms with Gasteiger partial charge >= 0.3 is 0 Å². The van der Waals surface area contributed by atoms with E-state index in [0.717, 1.165) is 18.5 Å². The summed E-state index contributed by atoms with van der Waals surface area (Å²) in [6, 6.07) is 5.60. The van der Waals surface area contributed by atoms with E-state index < -0.39 is 0 Å². The third-order valence-corrected chi connectivity index (χ3v) is 2.68. The van der Waals surface area contributed by atoms with Crippen LogP contribution in [0.1, 0.15) is 25.3 Å². The Labute approximate surface area is 112 Å². The molecule has 100 valence electrons. The summed E-state index contributed by atoms with van der Waals surface area (Å²) in [7, 11) is 0.